The molecule has 24 heavy (non-hydrogen) atoms. The van der Waals surface area contributed by atoms with Crippen LogP contribution in [-0.2, 0) is 14.3 Å². The Morgan fingerprint density at radius 1 is 1.25 bits per heavy atom. The number of carbonyl (C=O) groups is 2. The lowest BCUT2D eigenvalue weighted by Gasteiger charge is -2.04. The molecule has 1 heterocycles. The summed E-state index contributed by atoms with van der Waals surface area (Å²) in [6.45, 7) is 2.51. The molecule has 0 aliphatic heterocycles. The minimum atomic E-state index is -0.546. The number of fused-ring (bicyclic) bond motifs is 1. The number of rotatable bonds is 9. The molecule has 6 heteroatoms. The average molecular weight is 346 g/mol. The van der Waals surface area contributed by atoms with Crippen LogP contribution in [0.3, 0.4) is 0 Å². The Balaban J connectivity index is 1.69. The zero-order valence-electron chi connectivity index (χ0n) is 13.8. The molecular formula is C18H22N2O3S. The van der Waals surface area contributed by atoms with Gasteiger partial charge in [0.1, 0.15) is 5.01 Å². The Labute approximate surface area is 145 Å². The largest absolute Gasteiger partial charge is 0.452 e. The van der Waals surface area contributed by atoms with E-state index >= 15 is 0 Å². The summed E-state index contributed by atoms with van der Waals surface area (Å²) in [7, 11) is 0. The maximum atomic E-state index is 11.6. The van der Waals surface area contributed by atoms with Crippen LogP contribution in [-0.4, -0.2) is 30.0 Å². The maximum Gasteiger partial charge on any atom is 0.331 e. The second-order valence-electron chi connectivity index (χ2n) is 5.37. The van der Waals surface area contributed by atoms with Gasteiger partial charge in [-0.2, -0.15) is 0 Å². The second kappa shape index (κ2) is 9.82. The fourth-order valence-electron chi connectivity index (χ4n) is 2.12. The number of unbranched alkanes of at least 4 members (excludes halogenated alkanes) is 3. The number of ether oxygens (including phenoxy) is 1. The topological polar surface area (TPSA) is 68.3 Å². The number of carbonyl (C=O) groups excluding carboxylic acids is 2. The number of nitrogens with one attached hydrogen (secondary N) is 1. The van der Waals surface area contributed by atoms with Crippen LogP contribution >= 0.6 is 11.3 Å². The molecule has 0 unspecified atom stereocenters. The third-order valence-corrected chi connectivity index (χ3v) is 4.37. The average Bonchev–Trinajstić information content (AvgIpc) is 3.01. The van der Waals surface area contributed by atoms with Crippen LogP contribution < -0.4 is 5.32 Å². The Morgan fingerprint density at radius 3 is 2.88 bits per heavy atom. The smallest absolute Gasteiger partial charge is 0.331 e. The van der Waals surface area contributed by atoms with E-state index in [1.54, 1.807) is 6.08 Å². The molecular weight excluding hydrogens is 324 g/mol. The molecule has 1 amide bonds. The monoisotopic (exact) mass is 346 g/mol. The van der Waals surface area contributed by atoms with Gasteiger partial charge in [0, 0.05) is 12.6 Å². The number of esters is 1. The molecule has 1 N–H and O–H groups in total. The molecule has 0 radical (unpaired) electrons. The van der Waals surface area contributed by atoms with Gasteiger partial charge in [0.05, 0.1) is 10.2 Å². The van der Waals surface area contributed by atoms with Gasteiger partial charge in [-0.15, -0.1) is 11.3 Å². The highest BCUT2D eigenvalue weighted by Crippen LogP contribution is 2.22. The van der Waals surface area contributed by atoms with E-state index in [2.05, 4.69) is 17.2 Å². The van der Waals surface area contributed by atoms with Gasteiger partial charge in [0.2, 0.25) is 0 Å². The van der Waals surface area contributed by atoms with Crippen molar-refractivity contribution in [2.45, 2.75) is 32.6 Å². The Kier molecular flexibility index (Phi) is 7.42. The molecule has 0 saturated carbocycles. The molecule has 0 fully saturated rings. The Hall–Kier alpha value is -2.21. The lowest BCUT2D eigenvalue weighted by Crippen LogP contribution is -2.29. The Bertz CT molecular complexity index is 676. The normalized spacial score (nSPS) is 11.0. The van der Waals surface area contributed by atoms with E-state index in [9.17, 15) is 9.59 Å². The quantitative estimate of drug-likeness (QED) is 0.428. The van der Waals surface area contributed by atoms with Gasteiger partial charge < -0.3 is 10.1 Å². The van der Waals surface area contributed by atoms with Crippen molar-refractivity contribution in [3.63, 3.8) is 0 Å². The molecule has 1 aromatic heterocycles. The highest BCUT2D eigenvalue weighted by molar-refractivity contribution is 7.19. The van der Waals surface area contributed by atoms with Crippen molar-refractivity contribution < 1.29 is 14.3 Å². The number of para-hydroxylation sites is 1. The summed E-state index contributed by atoms with van der Waals surface area (Å²) < 4.78 is 5.98. The molecule has 0 atom stereocenters. The van der Waals surface area contributed by atoms with E-state index in [0.29, 0.717) is 6.54 Å². The van der Waals surface area contributed by atoms with Gasteiger partial charge >= 0.3 is 5.97 Å². The van der Waals surface area contributed by atoms with E-state index in [1.807, 2.05) is 24.3 Å². The number of hydrogen-bond acceptors (Lipinski definition) is 5. The first-order chi connectivity index (χ1) is 11.7. The number of benzene rings is 1. The van der Waals surface area contributed by atoms with E-state index in [1.165, 1.54) is 23.8 Å². The van der Waals surface area contributed by atoms with Crippen LogP contribution in [0, 0.1) is 0 Å². The minimum absolute atomic E-state index is 0.253. The van der Waals surface area contributed by atoms with Crippen LogP contribution in [0.1, 0.15) is 37.6 Å². The highest BCUT2D eigenvalue weighted by Gasteiger charge is 2.05. The fourth-order valence-corrected chi connectivity index (χ4v) is 2.99. The summed E-state index contributed by atoms with van der Waals surface area (Å²) >= 11 is 1.50. The summed E-state index contributed by atoms with van der Waals surface area (Å²) in [6.07, 6.45) is 7.28. The zero-order chi connectivity index (χ0) is 17.2. The summed E-state index contributed by atoms with van der Waals surface area (Å²) in [5.41, 5.74) is 0.901. The fraction of sp³-hybridized carbons (Fsp3) is 0.389. The number of hydrogen-bond donors (Lipinski definition) is 1. The molecule has 5 nitrogen and oxygen atoms in total. The first-order valence-electron chi connectivity index (χ1n) is 8.16. The van der Waals surface area contributed by atoms with Crippen molar-refractivity contribution in [1.82, 2.24) is 10.3 Å². The van der Waals surface area contributed by atoms with Gasteiger partial charge in [-0.1, -0.05) is 38.3 Å². The van der Waals surface area contributed by atoms with Crippen LogP contribution in [0.4, 0.5) is 0 Å². The molecule has 0 aliphatic carbocycles. The lowest BCUT2D eigenvalue weighted by atomic mass is 10.2. The molecule has 1 aromatic carbocycles. The summed E-state index contributed by atoms with van der Waals surface area (Å²) in [5.74, 6) is -0.816. The van der Waals surface area contributed by atoms with Crippen LogP contribution in [0.2, 0.25) is 0 Å². The molecule has 128 valence electrons. The van der Waals surface area contributed by atoms with Gasteiger partial charge in [0.15, 0.2) is 6.61 Å². The number of aromatic nitrogens is 1. The number of amides is 1. The summed E-state index contributed by atoms with van der Waals surface area (Å²) in [4.78, 5) is 27.6. The predicted octanol–water partition coefficient (Wildman–Crippen LogP) is 3.55. The molecule has 2 aromatic rings. The van der Waals surface area contributed by atoms with Crippen molar-refractivity contribution in [2.75, 3.05) is 13.2 Å². The van der Waals surface area contributed by atoms with Gasteiger partial charge in [0.25, 0.3) is 5.91 Å². The third kappa shape index (κ3) is 6.12. The first-order valence-corrected chi connectivity index (χ1v) is 8.98. The highest BCUT2D eigenvalue weighted by atomic mass is 32.1. The molecule has 0 aliphatic rings. The van der Waals surface area contributed by atoms with E-state index in [0.717, 1.165) is 34.5 Å². The van der Waals surface area contributed by atoms with Crippen molar-refractivity contribution in [1.29, 1.82) is 0 Å². The van der Waals surface area contributed by atoms with Gasteiger partial charge in [-0.05, 0) is 24.6 Å². The maximum absolute atomic E-state index is 11.6. The lowest BCUT2D eigenvalue weighted by molar-refractivity contribution is -0.143. The van der Waals surface area contributed by atoms with Gasteiger partial charge in [-0.3, -0.25) is 4.79 Å². The van der Waals surface area contributed by atoms with E-state index in [4.69, 9.17) is 4.74 Å². The van der Waals surface area contributed by atoms with Crippen molar-refractivity contribution in [3.05, 3.63) is 35.3 Å². The summed E-state index contributed by atoms with van der Waals surface area (Å²) in [6, 6.07) is 7.77. The molecule has 2 rings (SSSR count). The summed E-state index contributed by atoms with van der Waals surface area (Å²) in [5, 5.41) is 3.47. The van der Waals surface area contributed by atoms with Crippen LogP contribution in [0.15, 0.2) is 30.3 Å². The zero-order valence-corrected chi connectivity index (χ0v) is 14.6. The number of nitrogens with zero attached hydrogens (tertiary/aromatic N) is 1. The minimum Gasteiger partial charge on any atom is -0.452 e. The van der Waals surface area contributed by atoms with Gasteiger partial charge in [-0.25, -0.2) is 9.78 Å². The standard InChI is InChI=1S/C18H22N2O3S/c1-2-3-4-7-12-19-16(21)13-23-18(22)11-10-17-20-14-8-5-6-9-15(14)24-17/h5-6,8-11H,2-4,7,12-13H2,1H3,(H,19,21)/b11-10+. The SMILES string of the molecule is CCCCCCNC(=O)COC(=O)/C=C/c1nc2ccccc2s1. The van der Waals surface area contributed by atoms with E-state index < -0.39 is 5.97 Å². The first kappa shape index (κ1) is 18.1. The van der Waals surface area contributed by atoms with Crippen LogP contribution in [0.5, 0.6) is 0 Å². The predicted molar refractivity (Wildman–Crippen MR) is 96.8 cm³/mol. The Morgan fingerprint density at radius 2 is 2.08 bits per heavy atom. The van der Waals surface area contributed by atoms with E-state index in [-0.39, 0.29) is 12.5 Å². The van der Waals surface area contributed by atoms with Crippen LogP contribution in [0.25, 0.3) is 16.3 Å². The van der Waals surface area contributed by atoms with Crippen molar-refractivity contribution in [3.8, 4) is 0 Å². The van der Waals surface area contributed by atoms with Crippen molar-refractivity contribution in [2.24, 2.45) is 0 Å². The molecule has 0 saturated heterocycles. The molecule has 0 bridgehead atoms. The third-order valence-electron chi connectivity index (χ3n) is 3.37. The second-order valence-corrected chi connectivity index (χ2v) is 6.43. The molecule has 0 spiro atoms. The van der Waals surface area contributed by atoms with Crippen molar-refractivity contribution >= 4 is 39.5 Å². The number of thiazole rings is 1.